The van der Waals surface area contributed by atoms with Crippen LogP contribution in [0.2, 0.25) is 0 Å². The Labute approximate surface area is 185 Å². The lowest BCUT2D eigenvalue weighted by Gasteiger charge is -2.35. The number of piperazine rings is 1. The number of nitrogens with one attached hydrogen (secondary N) is 1. The van der Waals surface area contributed by atoms with Crippen LogP contribution in [-0.2, 0) is 16.4 Å². The van der Waals surface area contributed by atoms with Gasteiger partial charge in [0.25, 0.3) is 0 Å². The highest BCUT2D eigenvalue weighted by atomic mass is 32.2. The van der Waals surface area contributed by atoms with Crippen molar-refractivity contribution in [2.24, 2.45) is 0 Å². The SMILES string of the molecule is CCCCS(=O)(=O)NCCc1ccc(C(=O)CN2CCN(c3ccncc3)CC2)cc1. The molecule has 8 heteroatoms. The van der Waals surface area contributed by atoms with Crippen molar-refractivity contribution in [1.29, 1.82) is 0 Å². The fraction of sp³-hybridized carbons (Fsp3) is 0.478. The predicted octanol–water partition coefficient (Wildman–Crippen LogP) is 2.35. The summed E-state index contributed by atoms with van der Waals surface area (Å²) in [6.07, 6.45) is 5.74. The van der Waals surface area contributed by atoms with Crippen LogP contribution in [0.4, 0.5) is 5.69 Å². The molecule has 0 radical (unpaired) electrons. The first-order valence-corrected chi connectivity index (χ1v) is 12.6. The zero-order chi connectivity index (χ0) is 22.1. The topological polar surface area (TPSA) is 82.6 Å². The molecule has 0 unspecified atom stereocenters. The van der Waals surface area contributed by atoms with E-state index in [2.05, 4.69) is 19.5 Å². The van der Waals surface area contributed by atoms with Gasteiger partial charge in [-0.2, -0.15) is 0 Å². The molecule has 2 heterocycles. The van der Waals surface area contributed by atoms with Gasteiger partial charge in [0.2, 0.25) is 10.0 Å². The minimum Gasteiger partial charge on any atom is -0.369 e. The first-order valence-electron chi connectivity index (χ1n) is 10.9. The van der Waals surface area contributed by atoms with Gasteiger partial charge >= 0.3 is 0 Å². The minimum atomic E-state index is -3.19. The molecule has 7 nitrogen and oxygen atoms in total. The van der Waals surface area contributed by atoms with E-state index >= 15 is 0 Å². The second-order valence-corrected chi connectivity index (χ2v) is 9.83. The summed E-state index contributed by atoms with van der Waals surface area (Å²) >= 11 is 0. The number of pyridine rings is 1. The Balaban J connectivity index is 1.42. The third-order valence-electron chi connectivity index (χ3n) is 5.55. The van der Waals surface area contributed by atoms with Gasteiger partial charge in [0.05, 0.1) is 12.3 Å². The molecule has 0 amide bonds. The van der Waals surface area contributed by atoms with Crippen LogP contribution in [0, 0.1) is 0 Å². The molecule has 1 fully saturated rings. The molecule has 1 aromatic carbocycles. The Hall–Kier alpha value is -2.29. The lowest BCUT2D eigenvalue weighted by Crippen LogP contribution is -2.48. The number of carbonyl (C=O) groups is 1. The van der Waals surface area contributed by atoms with Crippen molar-refractivity contribution in [3.05, 3.63) is 59.9 Å². The second-order valence-electron chi connectivity index (χ2n) is 7.91. The van der Waals surface area contributed by atoms with E-state index < -0.39 is 10.0 Å². The van der Waals surface area contributed by atoms with E-state index in [4.69, 9.17) is 0 Å². The van der Waals surface area contributed by atoms with E-state index in [1.165, 1.54) is 5.69 Å². The minimum absolute atomic E-state index is 0.115. The van der Waals surface area contributed by atoms with E-state index in [9.17, 15) is 13.2 Å². The standard InChI is InChI=1S/C23H32N4O3S/c1-2-3-18-31(29,30)25-13-8-20-4-6-21(7-5-20)23(28)19-26-14-16-27(17-15-26)22-9-11-24-12-10-22/h4-7,9-12,25H,2-3,8,13-19H2,1H3. The van der Waals surface area contributed by atoms with Crippen LogP contribution in [0.3, 0.4) is 0 Å². The van der Waals surface area contributed by atoms with Crippen molar-refractivity contribution in [3.8, 4) is 0 Å². The van der Waals surface area contributed by atoms with Gasteiger partial charge in [-0.15, -0.1) is 0 Å². The summed E-state index contributed by atoms with van der Waals surface area (Å²) in [5.74, 6) is 0.289. The van der Waals surface area contributed by atoms with Gasteiger partial charge in [0, 0.05) is 56.4 Å². The summed E-state index contributed by atoms with van der Waals surface area (Å²) in [7, 11) is -3.19. The zero-order valence-electron chi connectivity index (χ0n) is 18.2. The molecular formula is C23H32N4O3S. The lowest BCUT2D eigenvalue weighted by molar-refractivity contribution is 0.0926. The van der Waals surface area contributed by atoms with Crippen molar-refractivity contribution in [3.63, 3.8) is 0 Å². The van der Waals surface area contributed by atoms with Gasteiger partial charge in [-0.1, -0.05) is 37.6 Å². The number of hydrogen-bond acceptors (Lipinski definition) is 6. The number of hydrogen-bond donors (Lipinski definition) is 1. The molecule has 1 N–H and O–H groups in total. The second kappa shape index (κ2) is 11.4. The Morgan fingerprint density at radius 1 is 1.03 bits per heavy atom. The molecule has 1 aromatic heterocycles. The van der Waals surface area contributed by atoms with E-state index in [-0.39, 0.29) is 11.5 Å². The van der Waals surface area contributed by atoms with Gasteiger partial charge in [-0.3, -0.25) is 14.7 Å². The summed E-state index contributed by atoms with van der Waals surface area (Å²) in [5, 5.41) is 0. The van der Waals surface area contributed by atoms with Crippen molar-refractivity contribution in [1.82, 2.24) is 14.6 Å². The van der Waals surface area contributed by atoms with Crippen LogP contribution in [-0.4, -0.2) is 69.1 Å². The summed E-state index contributed by atoms with van der Waals surface area (Å²) in [6, 6.07) is 11.5. The Bertz CT molecular complexity index is 925. The predicted molar refractivity (Wildman–Crippen MR) is 124 cm³/mol. The van der Waals surface area contributed by atoms with Gasteiger partial charge < -0.3 is 4.90 Å². The Morgan fingerprint density at radius 3 is 2.35 bits per heavy atom. The molecule has 2 aromatic rings. The normalized spacial score (nSPS) is 15.2. The summed E-state index contributed by atoms with van der Waals surface area (Å²) in [5.41, 5.74) is 2.88. The number of unbranched alkanes of at least 4 members (excludes halogenated alkanes) is 1. The number of ketones is 1. The average Bonchev–Trinajstić information content (AvgIpc) is 2.79. The molecule has 31 heavy (non-hydrogen) atoms. The number of rotatable bonds is 11. The molecular weight excluding hydrogens is 412 g/mol. The molecule has 0 spiro atoms. The maximum atomic E-state index is 12.7. The highest BCUT2D eigenvalue weighted by Crippen LogP contribution is 2.15. The molecule has 1 aliphatic heterocycles. The highest BCUT2D eigenvalue weighted by molar-refractivity contribution is 7.89. The van der Waals surface area contributed by atoms with Gasteiger partial charge in [0.1, 0.15) is 0 Å². The van der Waals surface area contributed by atoms with Gasteiger partial charge in [-0.05, 0) is 30.5 Å². The van der Waals surface area contributed by atoms with Crippen LogP contribution in [0.15, 0.2) is 48.8 Å². The smallest absolute Gasteiger partial charge is 0.211 e. The highest BCUT2D eigenvalue weighted by Gasteiger charge is 2.19. The largest absolute Gasteiger partial charge is 0.369 e. The van der Waals surface area contributed by atoms with Crippen molar-refractivity contribution < 1.29 is 13.2 Å². The fourth-order valence-corrected chi connectivity index (χ4v) is 4.85. The monoisotopic (exact) mass is 444 g/mol. The molecule has 0 aliphatic carbocycles. The fourth-order valence-electron chi connectivity index (χ4n) is 3.63. The van der Waals surface area contributed by atoms with Gasteiger partial charge in [-0.25, -0.2) is 13.1 Å². The number of carbonyl (C=O) groups excluding carboxylic acids is 1. The summed E-state index contributed by atoms with van der Waals surface area (Å²) < 4.78 is 26.3. The van der Waals surface area contributed by atoms with E-state index in [1.807, 2.05) is 43.3 Å². The summed E-state index contributed by atoms with van der Waals surface area (Å²) in [6.45, 7) is 6.26. The molecule has 168 valence electrons. The summed E-state index contributed by atoms with van der Waals surface area (Å²) in [4.78, 5) is 21.2. The van der Waals surface area contributed by atoms with E-state index in [1.54, 1.807) is 12.4 Å². The molecule has 1 aliphatic rings. The van der Waals surface area contributed by atoms with Crippen LogP contribution in [0.25, 0.3) is 0 Å². The third kappa shape index (κ3) is 7.41. The number of Topliss-reactive ketones (excluding diaryl/α,β-unsaturated/α-hetero) is 1. The zero-order valence-corrected chi connectivity index (χ0v) is 19.0. The van der Waals surface area contributed by atoms with Crippen LogP contribution >= 0.6 is 0 Å². The molecule has 3 rings (SSSR count). The molecule has 1 saturated heterocycles. The van der Waals surface area contributed by atoms with E-state index in [0.29, 0.717) is 31.5 Å². The lowest BCUT2D eigenvalue weighted by atomic mass is 10.1. The number of benzene rings is 1. The van der Waals surface area contributed by atoms with Crippen molar-refractivity contribution in [2.75, 3.05) is 49.9 Å². The first-order chi connectivity index (χ1) is 15.0. The number of sulfonamides is 1. The van der Waals surface area contributed by atoms with Crippen molar-refractivity contribution in [2.45, 2.75) is 26.2 Å². The molecule has 0 atom stereocenters. The Morgan fingerprint density at radius 2 is 1.71 bits per heavy atom. The van der Waals surface area contributed by atoms with Crippen LogP contribution in [0.5, 0.6) is 0 Å². The number of nitrogens with zero attached hydrogens (tertiary/aromatic N) is 3. The van der Waals surface area contributed by atoms with Crippen LogP contribution < -0.4 is 9.62 Å². The molecule has 0 saturated carbocycles. The average molecular weight is 445 g/mol. The van der Waals surface area contributed by atoms with Crippen molar-refractivity contribution >= 4 is 21.5 Å². The molecule has 0 bridgehead atoms. The Kier molecular flexibility index (Phi) is 8.57. The first kappa shape index (κ1) is 23.4. The maximum Gasteiger partial charge on any atom is 0.211 e. The maximum absolute atomic E-state index is 12.7. The number of anilines is 1. The third-order valence-corrected chi connectivity index (χ3v) is 7.02. The van der Waals surface area contributed by atoms with E-state index in [0.717, 1.165) is 38.2 Å². The van der Waals surface area contributed by atoms with Gasteiger partial charge in [0.15, 0.2) is 5.78 Å². The quantitative estimate of drug-likeness (QED) is 0.536. The number of aromatic nitrogens is 1. The van der Waals surface area contributed by atoms with Crippen LogP contribution in [0.1, 0.15) is 35.7 Å².